The maximum absolute atomic E-state index is 11.8. The van der Waals surface area contributed by atoms with E-state index in [1.54, 1.807) is 26.1 Å². The Balaban J connectivity index is 3.05. The minimum absolute atomic E-state index is 0.0654. The Labute approximate surface area is 123 Å². The smallest absolute Gasteiger partial charge is 0.311 e. The highest BCUT2D eigenvalue weighted by molar-refractivity contribution is 5.84. The Morgan fingerprint density at radius 3 is 2.57 bits per heavy atom. The van der Waals surface area contributed by atoms with Gasteiger partial charge < -0.3 is 15.4 Å². The number of rotatable bonds is 7. The van der Waals surface area contributed by atoms with Crippen molar-refractivity contribution in [2.45, 2.75) is 26.8 Å². The van der Waals surface area contributed by atoms with Gasteiger partial charge in [-0.1, -0.05) is 13.8 Å². The highest BCUT2D eigenvalue weighted by Crippen LogP contribution is 2.30. The van der Waals surface area contributed by atoms with E-state index < -0.39 is 11.0 Å². The predicted molar refractivity (Wildman–Crippen MR) is 80.6 cm³/mol. The van der Waals surface area contributed by atoms with Crippen LogP contribution in [0.5, 0.6) is 5.75 Å². The molecule has 0 fully saturated rings. The molecular formula is C14H21N3O4. The monoisotopic (exact) mass is 295 g/mol. The summed E-state index contributed by atoms with van der Waals surface area (Å²) in [5.74, 6) is 0.115. The fourth-order valence-corrected chi connectivity index (χ4v) is 1.90. The summed E-state index contributed by atoms with van der Waals surface area (Å²) in [7, 11) is 1.57. The van der Waals surface area contributed by atoms with Gasteiger partial charge in [-0.05, 0) is 18.9 Å². The van der Waals surface area contributed by atoms with Gasteiger partial charge in [0.1, 0.15) is 6.04 Å². The van der Waals surface area contributed by atoms with E-state index in [1.165, 1.54) is 6.07 Å². The van der Waals surface area contributed by atoms with Crippen LogP contribution < -0.4 is 15.4 Å². The zero-order valence-electron chi connectivity index (χ0n) is 12.7. The zero-order valence-corrected chi connectivity index (χ0v) is 12.7. The van der Waals surface area contributed by atoms with Crippen molar-refractivity contribution in [3.05, 3.63) is 28.3 Å². The van der Waals surface area contributed by atoms with Crippen LogP contribution in [0, 0.1) is 16.0 Å². The lowest BCUT2D eigenvalue weighted by Gasteiger charge is -2.22. The van der Waals surface area contributed by atoms with E-state index in [0.717, 1.165) is 0 Å². The third-order valence-corrected chi connectivity index (χ3v) is 2.97. The number of carbonyl (C=O) groups excluding carboxylic acids is 1. The van der Waals surface area contributed by atoms with Gasteiger partial charge in [0.25, 0.3) is 0 Å². The van der Waals surface area contributed by atoms with E-state index in [-0.39, 0.29) is 23.3 Å². The first kappa shape index (κ1) is 16.7. The van der Waals surface area contributed by atoms with Gasteiger partial charge in [0.2, 0.25) is 5.91 Å². The van der Waals surface area contributed by atoms with Crippen LogP contribution in [0.1, 0.15) is 20.8 Å². The lowest BCUT2D eigenvalue weighted by Crippen LogP contribution is -2.41. The minimum Gasteiger partial charge on any atom is -0.487 e. The van der Waals surface area contributed by atoms with E-state index >= 15 is 0 Å². The second-order valence-corrected chi connectivity index (χ2v) is 4.85. The predicted octanol–water partition coefficient (Wildman–Crippen LogP) is 2.18. The van der Waals surface area contributed by atoms with Crippen molar-refractivity contribution in [3.63, 3.8) is 0 Å². The molecule has 0 saturated heterocycles. The Hall–Kier alpha value is -2.31. The molecule has 7 heteroatoms. The Bertz CT molecular complexity index is 517. The number of nitrogens with one attached hydrogen (secondary N) is 2. The summed E-state index contributed by atoms with van der Waals surface area (Å²) in [6.07, 6.45) is 0. The zero-order chi connectivity index (χ0) is 16.0. The average molecular weight is 295 g/mol. The fourth-order valence-electron chi connectivity index (χ4n) is 1.90. The van der Waals surface area contributed by atoms with Crippen molar-refractivity contribution in [2.24, 2.45) is 5.92 Å². The summed E-state index contributed by atoms with van der Waals surface area (Å²) in [4.78, 5) is 22.3. The first-order valence-electron chi connectivity index (χ1n) is 6.80. The lowest BCUT2D eigenvalue weighted by molar-refractivity contribution is -0.385. The lowest BCUT2D eigenvalue weighted by atomic mass is 10.0. The van der Waals surface area contributed by atoms with Crippen molar-refractivity contribution in [2.75, 3.05) is 19.0 Å². The molecule has 0 heterocycles. The molecular weight excluding hydrogens is 274 g/mol. The van der Waals surface area contributed by atoms with Crippen LogP contribution in [0.25, 0.3) is 0 Å². The quantitative estimate of drug-likeness (QED) is 0.594. The van der Waals surface area contributed by atoms with E-state index in [0.29, 0.717) is 12.3 Å². The summed E-state index contributed by atoms with van der Waals surface area (Å²) >= 11 is 0. The molecule has 0 aliphatic carbocycles. The normalized spacial score (nSPS) is 11.9. The number of nitrogens with zero attached hydrogens (tertiary/aromatic N) is 1. The highest BCUT2D eigenvalue weighted by atomic mass is 16.6. The molecule has 1 aromatic rings. The molecule has 1 unspecified atom stereocenters. The largest absolute Gasteiger partial charge is 0.487 e. The first-order valence-corrected chi connectivity index (χ1v) is 6.80. The van der Waals surface area contributed by atoms with Crippen LogP contribution in [0.3, 0.4) is 0 Å². The number of anilines is 1. The van der Waals surface area contributed by atoms with Crippen molar-refractivity contribution < 1.29 is 14.5 Å². The maximum Gasteiger partial charge on any atom is 0.311 e. The number of nitro groups is 1. The standard InChI is InChI=1S/C14H21N3O4/c1-5-21-12-8-10(6-7-11(12)17(19)20)16-13(9(2)3)14(18)15-4/h6-9,13,16H,5H2,1-4H3,(H,15,18). The van der Waals surface area contributed by atoms with Crippen molar-refractivity contribution in [3.8, 4) is 5.75 Å². The number of nitro benzene ring substituents is 1. The van der Waals surface area contributed by atoms with Gasteiger partial charge in [0.15, 0.2) is 5.75 Å². The molecule has 7 nitrogen and oxygen atoms in total. The topological polar surface area (TPSA) is 93.5 Å². The number of amides is 1. The summed E-state index contributed by atoms with van der Waals surface area (Å²) in [6, 6.07) is 4.05. The van der Waals surface area contributed by atoms with Crippen LogP contribution >= 0.6 is 0 Å². The molecule has 0 aliphatic heterocycles. The van der Waals surface area contributed by atoms with Crippen molar-refractivity contribution in [1.29, 1.82) is 0 Å². The second kappa shape index (κ2) is 7.47. The number of hydrogen-bond acceptors (Lipinski definition) is 5. The van der Waals surface area contributed by atoms with Crippen LogP contribution in [0.2, 0.25) is 0 Å². The Kier molecular flexibility index (Phi) is 5.95. The molecule has 1 atom stereocenters. The number of benzene rings is 1. The molecule has 2 N–H and O–H groups in total. The van der Waals surface area contributed by atoms with Crippen molar-refractivity contribution in [1.82, 2.24) is 5.32 Å². The Morgan fingerprint density at radius 2 is 2.10 bits per heavy atom. The van der Waals surface area contributed by atoms with Gasteiger partial charge in [-0.15, -0.1) is 0 Å². The first-order chi connectivity index (χ1) is 9.90. The maximum atomic E-state index is 11.8. The van der Waals surface area contributed by atoms with Crippen LogP contribution in [-0.2, 0) is 4.79 Å². The van der Waals surface area contributed by atoms with Gasteiger partial charge in [0, 0.05) is 24.9 Å². The third kappa shape index (κ3) is 4.34. The molecule has 1 aromatic carbocycles. The van der Waals surface area contributed by atoms with Gasteiger partial charge in [-0.3, -0.25) is 14.9 Å². The molecule has 0 radical (unpaired) electrons. The molecule has 0 saturated carbocycles. The van der Waals surface area contributed by atoms with Crippen LogP contribution in [-0.4, -0.2) is 30.5 Å². The SMILES string of the molecule is CCOc1cc(NC(C(=O)NC)C(C)C)ccc1[N+](=O)[O-]. The Morgan fingerprint density at radius 1 is 1.43 bits per heavy atom. The third-order valence-electron chi connectivity index (χ3n) is 2.97. The summed E-state index contributed by atoms with van der Waals surface area (Å²) in [6.45, 7) is 5.92. The molecule has 116 valence electrons. The molecule has 1 amide bonds. The number of hydrogen-bond donors (Lipinski definition) is 2. The van der Waals surface area contributed by atoms with Gasteiger partial charge >= 0.3 is 5.69 Å². The van der Waals surface area contributed by atoms with Crippen LogP contribution in [0.15, 0.2) is 18.2 Å². The molecule has 21 heavy (non-hydrogen) atoms. The van der Waals surface area contributed by atoms with E-state index in [9.17, 15) is 14.9 Å². The van der Waals surface area contributed by atoms with Crippen LogP contribution in [0.4, 0.5) is 11.4 Å². The van der Waals surface area contributed by atoms with Crippen molar-refractivity contribution >= 4 is 17.3 Å². The summed E-state index contributed by atoms with van der Waals surface area (Å²) in [5, 5.41) is 16.6. The highest BCUT2D eigenvalue weighted by Gasteiger charge is 2.22. The molecule has 0 bridgehead atoms. The number of likely N-dealkylation sites (N-methyl/N-ethyl adjacent to an activating group) is 1. The minimum atomic E-state index is -0.493. The van der Waals surface area contributed by atoms with Gasteiger partial charge in [-0.2, -0.15) is 0 Å². The summed E-state index contributed by atoms with van der Waals surface area (Å²) in [5.41, 5.74) is 0.509. The van der Waals surface area contributed by atoms with Gasteiger partial charge in [0.05, 0.1) is 11.5 Å². The van der Waals surface area contributed by atoms with E-state index in [1.807, 2.05) is 13.8 Å². The fraction of sp³-hybridized carbons (Fsp3) is 0.500. The molecule has 0 aromatic heterocycles. The average Bonchev–Trinajstić information content (AvgIpc) is 2.44. The summed E-state index contributed by atoms with van der Waals surface area (Å²) < 4.78 is 5.29. The molecule has 1 rings (SSSR count). The number of carbonyl (C=O) groups is 1. The molecule has 0 spiro atoms. The van der Waals surface area contributed by atoms with E-state index in [4.69, 9.17) is 4.74 Å². The molecule has 0 aliphatic rings. The number of ether oxygens (including phenoxy) is 1. The van der Waals surface area contributed by atoms with Gasteiger partial charge in [-0.25, -0.2) is 0 Å². The van der Waals surface area contributed by atoms with E-state index in [2.05, 4.69) is 10.6 Å². The second-order valence-electron chi connectivity index (χ2n) is 4.85.